The summed E-state index contributed by atoms with van der Waals surface area (Å²) in [7, 11) is 0. The second-order valence-corrected chi connectivity index (χ2v) is 3.52. The first-order valence-corrected chi connectivity index (χ1v) is 4.62. The maximum atomic E-state index is 11.5. The summed E-state index contributed by atoms with van der Waals surface area (Å²) in [6, 6.07) is 3.42. The highest BCUT2D eigenvalue weighted by molar-refractivity contribution is 5.98. The van der Waals surface area contributed by atoms with Crippen LogP contribution in [0.3, 0.4) is 0 Å². The number of nitrogens with one attached hydrogen (secondary N) is 1. The van der Waals surface area contributed by atoms with Gasteiger partial charge in [0.1, 0.15) is 0 Å². The molecule has 2 rings (SSSR count). The van der Waals surface area contributed by atoms with Gasteiger partial charge in [0, 0.05) is 6.20 Å². The zero-order chi connectivity index (χ0) is 10.8. The molecule has 1 aliphatic rings. The topological polar surface area (TPSA) is 79.3 Å². The molecule has 78 valence electrons. The number of hydrogen-bond donors (Lipinski definition) is 2. The summed E-state index contributed by atoms with van der Waals surface area (Å²) in [5.74, 6) is -2.04. The Balaban J connectivity index is 1.92. The third-order valence-corrected chi connectivity index (χ3v) is 2.37. The van der Waals surface area contributed by atoms with Crippen LogP contribution in [0.1, 0.15) is 6.42 Å². The highest BCUT2D eigenvalue weighted by atomic mass is 16.4. The molecule has 0 saturated heterocycles. The molecule has 2 N–H and O–H groups in total. The van der Waals surface area contributed by atoms with E-state index >= 15 is 0 Å². The summed E-state index contributed by atoms with van der Waals surface area (Å²) in [4.78, 5) is 25.9. The van der Waals surface area contributed by atoms with E-state index in [2.05, 4.69) is 10.3 Å². The van der Waals surface area contributed by atoms with Crippen molar-refractivity contribution in [1.29, 1.82) is 0 Å². The first-order valence-electron chi connectivity index (χ1n) is 4.62. The summed E-state index contributed by atoms with van der Waals surface area (Å²) in [5.41, 5.74) is 0.596. The normalized spacial score (nSPS) is 23.2. The van der Waals surface area contributed by atoms with Crippen molar-refractivity contribution in [1.82, 2.24) is 4.98 Å². The van der Waals surface area contributed by atoms with Gasteiger partial charge >= 0.3 is 5.97 Å². The molecule has 0 unspecified atom stereocenters. The van der Waals surface area contributed by atoms with Crippen LogP contribution in [0.2, 0.25) is 0 Å². The Morgan fingerprint density at radius 2 is 2.27 bits per heavy atom. The predicted octanol–water partition coefficient (Wildman–Crippen LogP) is 0.741. The number of carbonyl (C=O) groups excluding carboxylic acids is 1. The van der Waals surface area contributed by atoms with Crippen LogP contribution in [0, 0.1) is 11.8 Å². The molecule has 1 aromatic rings. The van der Waals surface area contributed by atoms with Gasteiger partial charge in [0.15, 0.2) is 0 Å². The van der Waals surface area contributed by atoms with E-state index in [1.54, 1.807) is 18.3 Å². The molecule has 1 amide bonds. The van der Waals surface area contributed by atoms with Crippen LogP contribution < -0.4 is 5.32 Å². The highest BCUT2D eigenvalue weighted by Gasteiger charge is 2.48. The largest absolute Gasteiger partial charge is 0.481 e. The van der Waals surface area contributed by atoms with E-state index in [1.807, 2.05) is 0 Å². The number of pyridine rings is 1. The van der Waals surface area contributed by atoms with E-state index in [4.69, 9.17) is 5.11 Å². The lowest BCUT2D eigenvalue weighted by molar-refractivity contribution is -0.139. The highest BCUT2D eigenvalue weighted by Crippen LogP contribution is 2.39. The number of hydrogen-bond acceptors (Lipinski definition) is 3. The Bertz CT molecular complexity index is 391. The average Bonchev–Trinajstić information content (AvgIpc) is 2.98. The number of carboxylic acid groups (broad SMARTS) is 1. The number of carbonyl (C=O) groups is 2. The second-order valence-electron chi connectivity index (χ2n) is 3.52. The first-order chi connectivity index (χ1) is 7.18. The van der Waals surface area contributed by atoms with Gasteiger partial charge in [0.25, 0.3) is 0 Å². The predicted molar refractivity (Wildman–Crippen MR) is 52.1 cm³/mol. The number of aromatic nitrogens is 1. The monoisotopic (exact) mass is 206 g/mol. The van der Waals surface area contributed by atoms with Crippen molar-refractivity contribution in [2.24, 2.45) is 11.8 Å². The Kier molecular flexibility index (Phi) is 2.37. The minimum absolute atomic E-state index is 0.240. The van der Waals surface area contributed by atoms with Crippen molar-refractivity contribution >= 4 is 17.6 Å². The lowest BCUT2D eigenvalue weighted by Crippen LogP contribution is -2.16. The zero-order valence-electron chi connectivity index (χ0n) is 7.88. The van der Waals surface area contributed by atoms with E-state index in [1.165, 1.54) is 6.20 Å². The van der Waals surface area contributed by atoms with E-state index in [0.29, 0.717) is 12.1 Å². The summed E-state index contributed by atoms with van der Waals surface area (Å²) in [6.45, 7) is 0. The fourth-order valence-corrected chi connectivity index (χ4v) is 1.43. The van der Waals surface area contributed by atoms with Gasteiger partial charge in [-0.25, -0.2) is 0 Å². The van der Waals surface area contributed by atoms with Crippen LogP contribution in [-0.4, -0.2) is 22.0 Å². The molecule has 0 radical (unpaired) electrons. The maximum absolute atomic E-state index is 11.5. The van der Waals surface area contributed by atoms with Crippen molar-refractivity contribution in [3.8, 4) is 0 Å². The number of anilines is 1. The second kappa shape index (κ2) is 3.68. The molecule has 5 heteroatoms. The number of aliphatic carboxylic acids is 1. The molecule has 1 aromatic heterocycles. The minimum atomic E-state index is -0.902. The third-order valence-electron chi connectivity index (χ3n) is 2.37. The van der Waals surface area contributed by atoms with Gasteiger partial charge in [-0.3, -0.25) is 14.6 Å². The van der Waals surface area contributed by atoms with Gasteiger partial charge in [-0.2, -0.15) is 0 Å². The summed E-state index contributed by atoms with van der Waals surface area (Å²) in [6.07, 6.45) is 3.56. The molecule has 1 fully saturated rings. The average molecular weight is 206 g/mol. The van der Waals surface area contributed by atoms with Crippen molar-refractivity contribution in [3.63, 3.8) is 0 Å². The van der Waals surface area contributed by atoms with Gasteiger partial charge < -0.3 is 10.4 Å². The molecule has 0 aliphatic heterocycles. The smallest absolute Gasteiger partial charge is 0.307 e. The van der Waals surface area contributed by atoms with Gasteiger partial charge in [0.2, 0.25) is 5.91 Å². The van der Waals surface area contributed by atoms with Gasteiger partial charge in [-0.15, -0.1) is 0 Å². The van der Waals surface area contributed by atoms with E-state index in [0.717, 1.165) is 0 Å². The van der Waals surface area contributed by atoms with Crippen LogP contribution >= 0.6 is 0 Å². The molecule has 0 spiro atoms. The summed E-state index contributed by atoms with van der Waals surface area (Å²) >= 11 is 0. The Labute approximate surface area is 86.1 Å². The van der Waals surface area contributed by atoms with E-state index in [-0.39, 0.29) is 11.8 Å². The SMILES string of the molecule is O=C(O)[C@H]1C[C@H]1C(=O)Nc1cccnc1. The van der Waals surface area contributed by atoms with Crippen LogP contribution in [0.5, 0.6) is 0 Å². The third kappa shape index (κ3) is 2.12. The number of carboxylic acids is 1. The zero-order valence-corrected chi connectivity index (χ0v) is 7.88. The fourth-order valence-electron chi connectivity index (χ4n) is 1.43. The van der Waals surface area contributed by atoms with Crippen molar-refractivity contribution in [2.75, 3.05) is 5.32 Å². The minimum Gasteiger partial charge on any atom is -0.481 e. The lowest BCUT2D eigenvalue weighted by Gasteiger charge is -2.02. The van der Waals surface area contributed by atoms with Gasteiger partial charge in [-0.05, 0) is 18.6 Å². The van der Waals surface area contributed by atoms with Crippen LogP contribution in [-0.2, 0) is 9.59 Å². The van der Waals surface area contributed by atoms with Crippen LogP contribution in [0.4, 0.5) is 5.69 Å². The molecule has 1 saturated carbocycles. The maximum Gasteiger partial charge on any atom is 0.307 e. The number of amides is 1. The quantitative estimate of drug-likeness (QED) is 0.764. The molecular weight excluding hydrogens is 196 g/mol. The number of rotatable bonds is 3. The van der Waals surface area contributed by atoms with Crippen molar-refractivity contribution in [2.45, 2.75) is 6.42 Å². The molecular formula is C10H10N2O3. The van der Waals surface area contributed by atoms with Crippen molar-refractivity contribution < 1.29 is 14.7 Å². The standard InChI is InChI=1S/C10H10N2O3/c13-9(7-4-8(7)10(14)15)12-6-2-1-3-11-5-6/h1-3,5,7-8H,4H2,(H,12,13)(H,14,15)/t7-,8+/m1/s1. The van der Waals surface area contributed by atoms with Crippen molar-refractivity contribution in [3.05, 3.63) is 24.5 Å². The lowest BCUT2D eigenvalue weighted by atomic mass is 10.3. The first kappa shape index (κ1) is 9.64. The van der Waals surface area contributed by atoms with E-state index < -0.39 is 11.9 Å². The molecule has 1 heterocycles. The Hall–Kier alpha value is -1.91. The van der Waals surface area contributed by atoms with Gasteiger partial charge in [-0.1, -0.05) is 0 Å². The molecule has 15 heavy (non-hydrogen) atoms. The van der Waals surface area contributed by atoms with Gasteiger partial charge in [0.05, 0.1) is 23.7 Å². The molecule has 1 aliphatic carbocycles. The summed E-state index contributed by atoms with van der Waals surface area (Å²) < 4.78 is 0. The fraction of sp³-hybridized carbons (Fsp3) is 0.300. The summed E-state index contributed by atoms with van der Waals surface area (Å²) in [5, 5.41) is 11.3. The van der Waals surface area contributed by atoms with Crippen LogP contribution in [0.25, 0.3) is 0 Å². The molecule has 0 aromatic carbocycles. The molecule has 0 bridgehead atoms. The molecule has 2 atom stereocenters. The van der Waals surface area contributed by atoms with Crippen LogP contribution in [0.15, 0.2) is 24.5 Å². The Morgan fingerprint density at radius 3 is 2.80 bits per heavy atom. The Morgan fingerprint density at radius 1 is 1.47 bits per heavy atom. The van der Waals surface area contributed by atoms with E-state index in [9.17, 15) is 9.59 Å². The molecule has 5 nitrogen and oxygen atoms in total. The number of nitrogens with zero attached hydrogens (tertiary/aromatic N) is 1.